The lowest BCUT2D eigenvalue weighted by molar-refractivity contribution is -0.137. The average Bonchev–Trinajstić information content (AvgIpc) is 2.61. The number of sulfonamides is 1. The van der Waals surface area contributed by atoms with Crippen molar-refractivity contribution < 1.29 is 31.1 Å². The molecule has 140 valence electrons. The summed E-state index contributed by atoms with van der Waals surface area (Å²) in [7, 11) is -4.04. The molecule has 0 aliphatic carbocycles. The average molecular weight is 387 g/mol. The molecule has 0 amide bonds. The number of rotatable bonds is 5. The highest BCUT2D eigenvalue weighted by molar-refractivity contribution is 7.89. The molecule has 0 spiro atoms. The third-order valence-corrected chi connectivity index (χ3v) is 5.24. The molecule has 0 atom stereocenters. The van der Waals surface area contributed by atoms with Gasteiger partial charge in [0.05, 0.1) is 10.5 Å². The maximum Gasteiger partial charge on any atom is 0.416 e. The van der Waals surface area contributed by atoms with Crippen LogP contribution in [0.15, 0.2) is 47.4 Å². The quantitative estimate of drug-likeness (QED) is 0.857. The summed E-state index contributed by atoms with van der Waals surface area (Å²) in [6, 6.07) is 8.92. The fourth-order valence-electron chi connectivity index (χ4n) is 2.50. The van der Waals surface area contributed by atoms with Gasteiger partial charge < -0.3 is 9.47 Å². The first kappa shape index (κ1) is 18.5. The van der Waals surface area contributed by atoms with Crippen LogP contribution in [0, 0.1) is 0 Å². The summed E-state index contributed by atoms with van der Waals surface area (Å²) in [4.78, 5) is -0.422. The molecule has 0 unspecified atom stereocenters. The van der Waals surface area contributed by atoms with Crippen molar-refractivity contribution in [2.45, 2.75) is 17.5 Å². The second kappa shape index (κ2) is 7.16. The van der Waals surface area contributed by atoms with Crippen molar-refractivity contribution in [3.8, 4) is 11.5 Å². The van der Waals surface area contributed by atoms with E-state index in [0.717, 1.165) is 23.8 Å². The van der Waals surface area contributed by atoms with E-state index in [0.29, 0.717) is 37.2 Å². The Labute approximate surface area is 148 Å². The standard InChI is InChI=1S/C17H16F3NO4S/c18-17(19,20)13-2-1-3-14(11-13)26(22,23)21-7-6-12-4-5-15-16(10-12)25-9-8-24-15/h1-5,10-11,21H,6-9H2. The van der Waals surface area contributed by atoms with Gasteiger partial charge in [-0.05, 0) is 42.3 Å². The molecule has 26 heavy (non-hydrogen) atoms. The summed E-state index contributed by atoms with van der Waals surface area (Å²) >= 11 is 0. The van der Waals surface area contributed by atoms with E-state index in [1.807, 2.05) is 0 Å². The van der Waals surface area contributed by atoms with Crippen molar-refractivity contribution in [2.75, 3.05) is 19.8 Å². The van der Waals surface area contributed by atoms with Crippen LogP contribution in [0.3, 0.4) is 0 Å². The number of hydrogen-bond acceptors (Lipinski definition) is 4. The molecule has 9 heteroatoms. The second-order valence-corrected chi connectivity index (χ2v) is 7.42. The van der Waals surface area contributed by atoms with E-state index in [4.69, 9.17) is 9.47 Å². The van der Waals surface area contributed by atoms with E-state index in [9.17, 15) is 21.6 Å². The van der Waals surface area contributed by atoms with Crippen LogP contribution in [0.1, 0.15) is 11.1 Å². The molecule has 1 aliphatic heterocycles. The van der Waals surface area contributed by atoms with E-state index in [2.05, 4.69) is 4.72 Å². The predicted molar refractivity (Wildman–Crippen MR) is 87.8 cm³/mol. The van der Waals surface area contributed by atoms with E-state index < -0.39 is 26.7 Å². The molecule has 0 bridgehead atoms. The molecule has 0 aromatic heterocycles. The minimum atomic E-state index is -4.60. The molecule has 2 aromatic carbocycles. The van der Waals surface area contributed by atoms with Gasteiger partial charge in [-0.15, -0.1) is 0 Å². The van der Waals surface area contributed by atoms with Crippen LogP contribution in [-0.4, -0.2) is 28.2 Å². The molecule has 0 saturated carbocycles. The van der Waals surface area contributed by atoms with Crippen LogP contribution >= 0.6 is 0 Å². The highest BCUT2D eigenvalue weighted by Gasteiger charge is 2.31. The SMILES string of the molecule is O=S(=O)(NCCc1ccc2c(c1)OCCO2)c1cccc(C(F)(F)F)c1. The first-order valence-corrected chi connectivity index (χ1v) is 9.29. The van der Waals surface area contributed by atoms with Gasteiger partial charge in [0.2, 0.25) is 10.0 Å². The van der Waals surface area contributed by atoms with Gasteiger partial charge in [-0.3, -0.25) is 0 Å². The zero-order valence-corrected chi connectivity index (χ0v) is 14.4. The van der Waals surface area contributed by atoms with Gasteiger partial charge in [0.1, 0.15) is 13.2 Å². The lowest BCUT2D eigenvalue weighted by atomic mass is 10.1. The number of fused-ring (bicyclic) bond motifs is 1. The van der Waals surface area contributed by atoms with Crippen molar-refractivity contribution in [3.05, 3.63) is 53.6 Å². The fraction of sp³-hybridized carbons (Fsp3) is 0.294. The van der Waals surface area contributed by atoms with Gasteiger partial charge in [-0.2, -0.15) is 13.2 Å². The monoisotopic (exact) mass is 387 g/mol. The lowest BCUT2D eigenvalue weighted by Gasteiger charge is -2.18. The Hall–Kier alpha value is -2.26. The maximum absolute atomic E-state index is 12.7. The smallest absolute Gasteiger partial charge is 0.416 e. The molecule has 1 N–H and O–H groups in total. The third-order valence-electron chi connectivity index (χ3n) is 3.78. The van der Waals surface area contributed by atoms with E-state index in [-0.39, 0.29) is 6.54 Å². The van der Waals surface area contributed by atoms with Crippen LogP contribution in [0.5, 0.6) is 11.5 Å². The Balaban J connectivity index is 1.66. The molecule has 3 rings (SSSR count). The second-order valence-electron chi connectivity index (χ2n) is 5.65. The molecule has 0 saturated heterocycles. The van der Waals surface area contributed by atoms with Crippen molar-refractivity contribution in [3.63, 3.8) is 0 Å². The molecular formula is C17H16F3NO4S. The van der Waals surface area contributed by atoms with Crippen molar-refractivity contribution >= 4 is 10.0 Å². The summed E-state index contributed by atoms with van der Waals surface area (Å²) < 4.78 is 75.8. The van der Waals surface area contributed by atoms with Crippen LogP contribution in [0.4, 0.5) is 13.2 Å². The van der Waals surface area contributed by atoms with Crippen LogP contribution < -0.4 is 14.2 Å². The zero-order valence-electron chi connectivity index (χ0n) is 13.5. The maximum atomic E-state index is 12.7. The van der Waals surface area contributed by atoms with Crippen molar-refractivity contribution in [2.24, 2.45) is 0 Å². The van der Waals surface area contributed by atoms with E-state index >= 15 is 0 Å². The minimum Gasteiger partial charge on any atom is -0.486 e. The van der Waals surface area contributed by atoms with Crippen LogP contribution in [0.25, 0.3) is 0 Å². The van der Waals surface area contributed by atoms with Gasteiger partial charge in [-0.25, -0.2) is 13.1 Å². The summed E-state index contributed by atoms with van der Waals surface area (Å²) in [5, 5.41) is 0. The number of benzene rings is 2. The van der Waals surface area contributed by atoms with Crippen LogP contribution in [-0.2, 0) is 22.6 Å². The van der Waals surface area contributed by atoms with Crippen LogP contribution in [0.2, 0.25) is 0 Å². The summed E-state index contributed by atoms with van der Waals surface area (Å²) in [6.07, 6.45) is -4.24. The largest absolute Gasteiger partial charge is 0.486 e. The van der Waals surface area contributed by atoms with Gasteiger partial charge >= 0.3 is 6.18 Å². The Morgan fingerprint density at radius 1 is 1.00 bits per heavy atom. The Kier molecular flexibility index (Phi) is 5.10. The van der Waals surface area contributed by atoms with Gasteiger partial charge in [0.15, 0.2) is 11.5 Å². The molecule has 1 aliphatic rings. The fourth-order valence-corrected chi connectivity index (χ4v) is 3.57. The predicted octanol–water partition coefficient (Wildman–Crippen LogP) is 3.00. The Morgan fingerprint density at radius 2 is 1.73 bits per heavy atom. The summed E-state index contributed by atoms with van der Waals surface area (Å²) in [5.74, 6) is 1.22. The number of hydrogen-bond donors (Lipinski definition) is 1. The third kappa shape index (κ3) is 4.28. The molecule has 2 aromatic rings. The summed E-state index contributed by atoms with van der Waals surface area (Å²) in [5.41, 5.74) is -0.187. The number of ether oxygens (including phenoxy) is 2. The zero-order chi connectivity index (χ0) is 18.8. The molecule has 1 heterocycles. The molecule has 0 fully saturated rings. The summed E-state index contributed by atoms with van der Waals surface area (Å²) in [6.45, 7) is 0.958. The first-order chi connectivity index (χ1) is 12.3. The van der Waals surface area contributed by atoms with Gasteiger partial charge in [0, 0.05) is 6.54 Å². The molecule has 0 radical (unpaired) electrons. The van der Waals surface area contributed by atoms with Crippen molar-refractivity contribution in [1.82, 2.24) is 4.72 Å². The normalized spacial score (nSPS) is 14.3. The number of nitrogens with one attached hydrogen (secondary N) is 1. The van der Waals surface area contributed by atoms with Crippen molar-refractivity contribution in [1.29, 1.82) is 0 Å². The highest BCUT2D eigenvalue weighted by Crippen LogP contribution is 2.31. The lowest BCUT2D eigenvalue weighted by Crippen LogP contribution is -2.26. The number of alkyl halides is 3. The molecule has 5 nitrogen and oxygen atoms in total. The Morgan fingerprint density at radius 3 is 2.46 bits per heavy atom. The van der Waals surface area contributed by atoms with Gasteiger partial charge in [-0.1, -0.05) is 12.1 Å². The minimum absolute atomic E-state index is 0.0399. The number of halogens is 3. The Bertz CT molecular complexity index is 897. The highest BCUT2D eigenvalue weighted by atomic mass is 32.2. The van der Waals surface area contributed by atoms with Gasteiger partial charge in [0.25, 0.3) is 0 Å². The van der Waals surface area contributed by atoms with E-state index in [1.54, 1.807) is 18.2 Å². The van der Waals surface area contributed by atoms with E-state index in [1.165, 1.54) is 0 Å². The topological polar surface area (TPSA) is 64.6 Å². The first-order valence-electron chi connectivity index (χ1n) is 7.81. The molecular weight excluding hydrogens is 371 g/mol.